The number of halogens is 1. The average molecular weight is 518 g/mol. The van der Waals surface area contributed by atoms with Crippen LogP contribution in [-0.4, -0.2) is 40.6 Å². The van der Waals surface area contributed by atoms with Crippen LogP contribution in [0.3, 0.4) is 0 Å². The highest BCUT2D eigenvalue weighted by Crippen LogP contribution is 2.33. The number of hydrogen-bond acceptors (Lipinski definition) is 6. The summed E-state index contributed by atoms with van der Waals surface area (Å²) in [5, 5.41) is 0.309. The summed E-state index contributed by atoms with van der Waals surface area (Å²) in [6, 6.07) is 14.0. The Morgan fingerprint density at radius 3 is 2.53 bits per heavy atom. The summed E-state index contributed by atoms with van der Waals surface area (Å²) in [6.45, 7) is 0.496. The van der Waals surface area contributed by atoms with Crippen LogP contribution in [0.2, 0.25) is 5.02 Å². The van der Waals surface area contributed by atoms with Crippen molar-refractivity contribution < 1.29 is 19.1 Å². The maximum atomic E-state index is 12.7. The first-order valence-electron chi connectivity index (χ1n) is 10.6. The lowest BCUT2D eigenvalue weighted by molar-refractivity contribution is -0.123. The van der Waals surface area contributed by atoms with Crippen molar-refractivity contribution >= 4 is 63.7 Å². The largest absolute Gasteiger partial charge is 0.497 e. The smallest absolute Gasteiger partial charge is 0.271 e. The lowest BCUT2D eigenvalue weighted by Crippen LogP contribution is -2.41. The molecule has 1 aliphatic heterocycles. The van der Waals surface area contributed by atoms with Gasteiger partial charge in [-0.1, -0.05) is 66.3 Å². The molecule has 1 saturated heterocycles. The Hall–Kier alpha value is -2.88. The summed E-state index contributed by atoms with van der Waals surface area (Å²) >= 11 is 12.6. The number of thiocarbonyl (C=S) groups is 1. The van der Waals surface area contributed by atoms with Gasteiger partial charge < -0.3 is 4.74 Å². The molecule has 7 nitrogen and oxygen atoms in total. The van der Waals surface area contributed by atoms with E-state index in [1.807, 2.05) is 30.3 Å². The van der Waals surface area contributed by atoms with Gasteiger partial charge >= 0.3 is 0 Å². The maximum Gasteiger partial charge on any atom is 0.271 e. The molecule has 3 rings (SSSR count). The van der Waals surface area contributed by atoms with E-state index in [1.165, 1.54) is 11.8 Å². The molecule has 1 heterocycles. The van der Waals surface area contributed by atoms with Gasteiger partial charge in [0.25, 0.3) is 11.8 Å². The van der Waals surface area contributed by atoms with Gasteiger partial charge in [-0.05, 0) is 48.7 Å². The van der Waals surface area contributed by atoms with E-state index >= 15 is 0 Å². The number of carbonyl (C=O) groups excluding carboxylic acids is 3. The summed E-state index contributed by atoms with van der Waals surface area (Å²) in [6.07, 6.45) is 4.13. The Bertz CT molecular complexity index is 1110. The van der Waals surface area contributed by atoms with Crippen LogP contribution in [-0.2, 0) is 9.59 Å². The topological polar surface area (TPSA) is 87.7 Å². The molecule has 10 heteroatoms. The van der Waals surface area contributed by atoms with Crippen LogP contribution in [0.5, 0.6) is 5.75 Å². The number of carbonyl (C=O) groups is 3. The Kier molecular flexibility index (Phi) is 9.50. The van der Waals surface area contributed by atoms with Crippen LogP contribution in [0.4, 0.5) is 0 Å². The number of hydrogen-bond donors (Lipinski definition) is 2. The molecule has 34 heavy (non-hydrogen) atoms. The molecule has 0 aromatic heterocycles. The number of nitrogens with zero attached hydrogens (tertiary/aromatic N) is 1. The molecule has 1 aliphatic rings. The molecule has 0 aliphatic carbocycles. The van der Waals surface area contributed by atoms with Gasteiger partial charge in [-0.3, -0.25) is 30.1 Å². The Balaban J connectivity index is 1.37. The SMILES string of the molecule is COc1ccc(C=C2SC(=S)N(CCCCCC(=O)NNC(=O)c3ccccc3Cl)C2=O)cc1. The third-order valence-corrected chi connectivity index (χ3v) is 6.71. The van der Waals surface area contributed by atoms with E-state index < -0.39 is 5.91 Å². The number of nitrogens with one attached hydrogen (secondary N) is 2. The number of hydrazine groups is 1. The molecule has 1 fully saturated rings. The number of unbranched alkanes of at least 4 members (excludes halogenated alkanes) is 2. The fourth-order valence-corrected chi connectivity index (χ4v) is 4.71. The highest BCUT2D eigenvalue weighted by atomic mass is 35.5. The van der Waals surface area contributed by atoms with Gasteiger partial charge in [0.1, 0.15) is 10.1 Å². The van der Waals surface area contributed by atoms with E-state index in [0.29, 0.717) is 33.6 Å². The zero-order valence-electron chi connectivity index (χ0n) is 18.5. The van der Waals surface area contributed by atoms with E-state index in [0.717, 1.165) is 17.7 Å². The number of rotatable bonds is 9. The molecule has 0 saturated carbocycles. The van der Waals surface area contributed by atoms with Crippen LogP contribution >= 0.6 is 35.6 Å². The monoisotopic (exact) mass is 517 g/mol. The zero-order valence-corrected chi connectivity index (χ0v) is 20.9. The molecule has 2 N–H and O–H groups in total. The van der Waals surface area contributed by atoms with Crippen molar-refractivity contribution in [1.82, 2.24) is 15.8 Å². The fourth-order valence-electron chi connectivity index (χ4n) is 3.18. The molecule has 3 amide bonds. The Labute approximate surface area is 212 Å². The number of ether oxygens (including phenoxy) is 1. The summed E-state index contributed by atoms with van der Waals surface area (Å²) < 4.78 is 5.68. The molecule has 2 aromatic carbocycles. The number of thioether (sulfide) groups is 1. The third kappa shape index (κ3) is 7.06. The predicted octanol–water partition coefficient (Wildman–Crippen LogP) is 4.57. The Morgan fingerprint density at radius 2 is 1.82 bits per heavy atom. The Morgan fingerprint density at radius 1 is 1.09 bits per heavy atom. The van der Waals surface area contributed by atoms with Crippen LogP contribution < -0.4 is 15.6 Å². The number of methoxy groups -OCH3 is 1. The van der Waals surface area contributed by atoms with Gasteiger partial charge in [0.15, 0.2) is 0 Å². The van der Waals surface area contributed by atoms with Gasteiger partial charge in [0, 0.05) is 13.0 Å². The molecule has 0 radical (unpaired) electrons. The summed E-state index contributed by atoms with van der Waals surface area (Å²) in [5.41, 5.74) is 5.93. The van der Waals surface area contributed by atoms with Gasteiger partial charge in [-0.2, -0.15) is 0 Å². The van der Waals surface area contributed by atoms with E-state index in [2.05, 4.69) is 10.9 Å². The fraction of sp³-hybridized carbons (Fsp3) is 0.250. The van der Waals surface area contributed by atoms with Crippen molar-refractivity contribution in [3.63, 3.8) is 0 Å². The second kappa shape index (κ2) is 12.5. The van der Waals surface area contributed by atoms with Crippen LogP contribution in [0.25, 0.3) is 6.08 Å². The molecule has 0 spiro atoms. The van der Waals surface area contributed by atoms with E-state index in [4.69, 9.17) is 28.6 Å². The lowest BCUT2D eigenvalue weighted by atomic mass is 10.1. The van der Waals surface area contributed by atoms with Crippen molar-refractivity contribution in [3.05, 3.63) is 69.6 Å². The van der Waals surface area contributed by atoms with Crippen LogP contribution in [0.1, 0.15) is 41.6 Å². The molecular weight excluding hydrogens is 494 g/mol. The van der Waals surface area contributed by atoms with Gasteiger partial charge in [-0.15, -0.1) is 0 Å². The molecular formula is C24H24ClN3O4S2. The van der Waals surface area contributed by atoms with Crippen molar-refractivity contribution in [1.29, 1.82) is 0 Å². The second-order valence-electron chi connectivity index (χ2n) is 7.40. The third-order valence-electron chi connectivity index (χ3n) is 5.01. The van der Waals surface area contributed by atoms with E-state index in [1.54, 1.807) is 36.3 Å². The number of benzene rings is 2. The molecule has 178 valence electrons. The summed E-state index contributed by atoms with van der Waals surface area (Å²) in [4.78, 5) is 38.9. The normalized spacial score (nSPS) is 14.4. The first-order chi connectivity index (χ1) is 16.4. The minimum Gasteiger partial charge on any atom is -0.497 e. The molecule has 2 aromatic rings. The van der Waals surface area contributed by atoms with Gasteiger partial charge in [0.2, 0.25) is 5.91 Å². The quantitative estimate of drug-likeness (QED) is 0.219. The van der Waals surface area contributed by atoms with Crippen molar-refractivity contribution in [3.8, 4) is 5.75 Å². The first kappa shape index (κ1) is 25.7. The molecule has 0 unspecified atom stereocenters. The number of amides is 3. The van der Waals surface area contributed by atoms with Crippen molar-refractivity contribution in [2.24, 2.45) is 0 Å². The van der Waals surface area contributed by atoms with Crippen molar-refractivity contribution in [2.45, 2.75) is 25.7 Å². The van der Waals surface area contributed by atoms with E-state index in [9.17, 15) is 14.4 Å². The predicted molar refractivity (Wildman–Crippen MR) is 138 cm³/mol. The average Bonchev–Trinajstić information content (AvgIpc) is 3.10. The minimum atomic E-state index is -0.476. The lowest BCUT2D eigenvalue weighted by Gasteiger charge is -2.14. The molecule has 0 bridgehead atoms. The summed E-state index contributed by atoms with van der Waals surface area (Å²) in [5.74, 6) is -0.128. The van der Waals surface area contributed by atoms with Gasteiger partial charge in [0.05, 0.1) is 22.6 Å². The second-order valence-corrected chi connectivity index (χ2v) is 9.48. The van der Waals surface area contributed by atoms with Gasteiger partial charge in [-0.25, -0.2) is 0 Å². The molecule has 0 atom stereocenters. The first-order valence-corrected chi connectivity index (χ1v) is 12.2. The highest BCUT2D eigenvalue weighted by Gasteiger charge is 2.31. The van der Waals surface area contributed by atoms with E-state index in [-0.39, 0.29) is 23.8 Å². The van der Waals surface area contributed by atoms with Crippen LogP contribution in [0, 0.1) is 0 Å². The standard InChI is InChI=1S/C24H24ClN3O4S2/c1-32-17-12-10-16(11-13-17)15-20-23(31)28(24(33)34-20)14-6-2-3-9-21(29)26-27-22(30)18-7-4-5-8-19(18)25/h4-5,7-8,10-13,15H,2-3,6,9,14H2,1H3,(H,26,29)(H,27,30). The zero-order chi connectivity index (χ0) is 24.5. The minimum absolute atomic E-state index is 0.106. The van der Waals surface area contributed by atoms with Crippen molar-refractivity contribution in [2.75, 3.05) is 13.7 Å². The maximum absolute atomic E-state index is 12.7. The summed E-state index contributed by atoms with van der Waals surface area (Å²) in [7, 11) is 1.60. The highest BCUT2D eigenvalue weighted by molar-refractivity contribution is 8.26. The van der Waals surface area contributed by atoms with Crippen LogP contribution in [0.15, 0.2) is 53.4 Å².